The third-order valence-electron chi connectivity index (χ3n) is 7.67. The van der Waals surface area contributed by atoms with Crippen molar-refractivity contribution >= 4 is 5.78 Å². The van der Waals surface area contributed by atoms with E-state index in [2.05, 4.69) is 0 Å². The molecule has 0 spiro atoms. The molecule has 242 valence electrons. The van der Waals surface area contributed by atoms with Crippen molar-refractivity contribution in [1.29, 1.82) is 0 Å². The van der Waals surface area contributed by atoms with Gasteiger partial charge in [0.2, 0.25) is 5.78 Å². The maximum atomic E-state index is 13.8. The van der Waals surface area contributed by atoms with E-state index < -0.39 is 121 Å². The van der Waals surface area contributed by atoms with Gasteiger partial charge in [-0.05, 0) is 17.7 Å². The van der Waals surface area contributed by atoms with Crippen LogP contribution in [0.1, 0.15) is 22.0 Å². The number of Topliss-reactive ketones (excluding diaryl/α,β-unsaturated/α-hetero) is 1. The summed E-state index contributed by atoms with van der Waals surface area (Å²) in [6.07, 6.45) is -21.1. The van der Waals surface area contributed by atoms with Crippen molar-refractivity contribution in [1.82, 2.24) is 0 Å². The van der Waals surface area contributed by atoms with E-state index in [0.29, 0.717) is 0 Å². The lowest BCUT2D eigenvalue weighted by Gasteiger charge is -2.47. The molecule has 0 saturated carbocycles. The Morgan fingerprint density at radius 2 is 1.32 bits per heavy atom. The number of aliphatic hydroxyl groups excluding tert-OH is 7. The summed E-state index contributed by atoms with van der Waals surface area (Å²) in [4.78, 5) is 13.8. The van der Waals surface area contributed by atoms with Gasteiger partial charge in [0.1, 0.15) is 71.6 Å². The van der Waals surface area contributed by atoms with E-state index in [1.54, 1.807) is 0 Å². The molecule has 2 saturated heterocycles. The van der Waals surface area contributed by atoms with Gasteiger partial charge in [-0.2, -0.15) is 0 Å². The maximum absolute atomic E-state index is 13.8. The lowest BCUT2D eigenvalue weighted by molar-refractivity contribution is -0.371. The van der Waals surface area contributed by atoms with Crippen molar-refractivity contribution in [3.05, 3.63) is 41.5 Å². The monoisotopic (exact) mass is 628 g/mol. The molecule has 2 aromatic carbocycles. The number of aromatic hydroxyl groups is 4. The number of phenolic OH excluding ortho intramolecular Hbond substituents is 4. The van der Waals surface area contributed by atoms with Gasteiger partial charge in [0.15, 0.2) is 36.3 Å². The van der Waals surface area contributed by atoms with Gasteiger partial charge in [-0.25, -0.2) is 0 Å². The van der Waals surface area contributed by atoms with Crippen LogP contribution in [0.4, 0.5) is 0 Å². The Balaban J connectivity index is 1.52. The fraction of sp³-hybridized carbons (Fsp3) is 0.519. The van der Waals surface area contributed by atoms with Crippen LogP contribution in [0.25, 0.3) is 0 Å². The summed E-state index contributed by atoms with van der Waals surface area (Å²) in [7, 11) is 0. The van der Waals surface area contributed by atoms with E-state index in [1.165, 1.54) is 6.07 Å². The summed E-state index contributed by atoms with van der Waals surface area (Å²) >= 11 is 0. The van der Waals surface area contributed by atoms with Crippen LogP contribution >= 0.6 is 0 Å². The average molecular weight is 629 g/mol. The summed E-state index contributed by atoms with van der Waals surface area (Å²) < 4.78 is 28.4. The quantitative estimate of drug-likeness (QED) is 0.135. The fourth-order valence-corrected chi connectivity index (χ4v) is 5.29. The van der Waals surface area contributed by atoms with E-state index in [4.69, 9.17) is 23.7 Å². The molecule has 3 heterocycles. The molecular weight excluding hydrogens is 596 g/mol. The highest BCUT2D eigenvalue weighted by Crippen LogP contribution is 2.45. The van der Waals surface area contributed by atoms with Crippen LogP contribution in [0.2, 0.25) is 0 Å². The zero-order valence-electron chi connectivity index (χ0n) is 22.6. The van der Waals surface area contributed by atoms with Crippen molar-refractivity contribution in [2.24, 2.45) is 0 Å². The molecule has 0 amide bonds. The zero-order valence-corrected chi connectivity index (χ0v) is 22.6. The molecule has 17 heteroatoms. The number of phenols is 4. The Kier molecular flexibility index (Phi) is 9.17. The van der Waals surface area contributed by atoms with Gasteiger partial charge in [-0.15, -0.1) is 0 Å². The standard InChI is InChI=1S/C27H32O17/c28-6-14-17(34)20(37)22(39)26(41-14)44-25-21(38)18(35)15(7-29)42-27(25)43-24-19(36)16-12(33)4-9(30)5-13(16)40-23(24)8-1-2-10(31)11(32)3-8/h1-5,14-15,17-18,20-35,37-39H,6-7H2/t14-,15-,17-,18-,20+,21+,22-,23-,24+,25-,26-,27+/m1/s1. The summed E-state index contributed by atoms with van der Waals surface area (Å²) in [6, 6.07) is 5.33. The first-order chi connectivity index (χ1) is 20.9. The van der Waals surface area contributed by atoms with Gasteiger partial charge in [-0.1, -0.05) is 6.07 Å². The topological polar surface area (TPSA) is 286 Å². The lowest BCUT2D eigenvalue weighted by Crippen LogP contribution is -2.65. The molecule has 0 aliphatic carbocycles. The Morgan fingerprint density at radius 1 is 0.682 bits per heavy atom. The SMILES string of the molecule is O=C1c2c(O)cc(O)cc2O[C@H](c2ccc(O)c(O)c2)[C@H]1O[C@@H]1O[C@H](CO)[C@@H](O)[C@H](O)[C@H]1O[C@H]1O[C@H](CO)[C@@H](O)[C@H](O)[C@H]1O. The van der Waals surface area contributed by atoms with Gasteiger partial charge in [0.25, 0.3) is 0 Å². The summed E-state index contributed by atoms with van der Waals surface area (Å²) in [5.74, 6) is -3.46. The van der Waals surface area contributed by atoms with Crippen LogP contribution < -0.4 is 4.74 Å². The van der Waals surface area contributed by atoms with Crippen molar-refractivity contribution in [2.45, 2.75) is 73.6 Å². The molecule has 2 fully saturated rings. The molecule has 11 N–H and O–H groups in total. The number of hydrogen-bond acceptors (Lipinski definition) is 17. The highest BCUT2D eigenvalue weighted by Gasteiger charge is 2.53. The minimum Gasteiger partial charge on any atom is -0.508 e. The molecule has 0 bridgehead atoms. The molecule has 0 unspecified atom stereocenters. The molecule has 44 heavy (non-hydrogen) atoms. The Morgan fingerprint density at radius 3 is 1.95 bits per heavy atom. The maximum Gasteiger partial charge on any atom is 0.203 e. The number of hydrogen-bond donors (Lipinski definition) is 11. The van der Waals surface area contributed by atoms with Gasteiger partial charge in [0.05, 0.1) is 13.2 Å². The van der Waals surface area contributed by atoms with Crippen LogP contribution in [0.15, 0.2) is 30.3 Å². The largest absolute Gasteiger partial charge is 0.508 e. The number of benzene rings is 2. The fourth-order valence-electron chi connectivity index (χ4n) is 5.29. The van der Waals surface area contributed by atoms with Crippen LogP contribution in [-0.4, -0.2) is 143 Å². The van der Waals surface area contributed by atoms with Gasteiger partial charge < -0.3 is 79.9 Å². The van der Waals surface area contributed by atoms with Crippen molar-refractivity contribution in [3.8, 4) is 28.7 Å². The highest BCUT2D eigenvalue weighted by atomic mass is 16.8. The summed E-state index contributed by atoms with van der Waals surface area (Å²) in [5.41, 5.74) is -0.373. The minimum absolute atomic E-state index is 0.0497. The van der Waals surface area contributed by atoms with E-state index in [9.17, 15) is 61.0 Å². The second-order valence-electron chi connectivity index (χ2n) is 10.6. The Hall–Kier alpha value is -3.33. The van der Waals surface area contributed by atoms with Gasteiger partial charge >= 0.3 is 0 Å². The van der Waals surface area contributed by atoms with Crippen LogP contribution in [0.5, 0.6) is 28.7 Å². The highest BCUT2D eigenvalue weighted by molar-refractivity contribution is 6.05. The Labute approximate surface area is 247 Å². The van der Waals surface area contributed by atoms with Crippen molar-refractivity contribution in [2.75, 3.05) is 13.2 Å². The number of aliphatic hydroxyl groups is 7. The van der Waals surface area contributed by atoms with Gasteiger partial charge in [0, 0.05) is 12.1 Å². The first-order valence-electron chi connectivity index (χ1n) is 13.4. The second kappa shape index (κ2) is 12.6. The Bertz CT molecular complexity index is 1350. The zero-order chi connectivity index (χ0) is 32.0. The van der Waals surface area contributed by atoms with Crippen molar-refractivity contribution < 1.29 is 84.7 Å². The lowest BCUT2D eigenvalue weighted by atomic mass is 9.92. The normalized spacial score (nSPS) is 37.3. The molecule has 12 atom stereocenters. The molecule has 0 radical (unpaired) electrons. The van der Waals surface area contributed by atoms with E-state index in [1.807, 2.05) is 0 Å². The molecule has 5 rings (SSSR count). The molecule has 2 aromatic rings. The molecular formula is C27H32O17. The third-order valence-corrected chi connectivity index (χ3v) is 7.67. The smallest absolute Gasteiger partial charge is 0.203 e. The second-order valence-corrected chi connectivity index (χ2v) is 10.6. The molecule has 3 aliphatic heterocycles. The number of ketones is 1. The van der Waals surface area contributed by atoms with Crippen molar-refractivity contribution in [3.63, 3.8) is 0 Å². The molecule has 17 nitrogen and oxygen atoms in total. The number of rotatable bonds is 7. The molecule has 3 aliphatic rings. The number of ether oxygens (including phenoxy) is 5. The number of fused-ring (bicyclic) bond motifs is 1. The first kappa shape index (κ1) is 32.1. The van der Waals surface area contributed by atoms with Crippen LogP contribution in [0, 0.1) is 0 Å². The first-order valence-corrected chi connectivity index (χ1v) is 13.4. The van der Waals surface area contributed by atoms with E-state index >= 15 is 0 Å². The molecule has 0 aromatic heterocycles. The number of carbonyl (C=O) groups is 1. The minimum atomic E-state index is -1.95. The van der Waals surface area contributed by atoms with Gasteiger partial charge in [-0.3, -0.25) is 4.79 Å². The third kappa shape index (κ3) is 5.75. The predicted octanol–water partition coefficient (Wildman–Crippen LogP) is -3.17. The van der Waals surface area contributed by atoms with E-state index in [-0.39, 0.29) is 11.3 Å². The van der Waals surface area contributed by atoms with E-state index in [0.717, 1.165) is 24.3 Å². The summed E-state index contributed by atoms with van der Waals surface area (Å²) in [5, 5.41) is 112. The predicted molar refractivity (Wildman–Crippen MR) is 139 cm³/mol. The average Bonchev–Trinajstić information content (AvgIpc) is 2.98. The van der Waals surface area contributed by atoms with Crippen LogP contribution in [0.3, 0.4) is 0 Å². The van der Waals surface area contributed by atoms with Crippen LogP contribution in [-0.2, 0) is 18.9 Å². The summed E-state index contributed by atoms with van der Waals surface area (Å²) in [6.45, 7) is -1.66. The number of carbonyl (C=O) groups excluding carboxylic acids is 1.